The Morgan fingerprint density at radius 1 is 0.580 bits per heavy atom. The molecule has 0 aliphatic rings. The molecule has 0 amide bonds. The smallest absolute Gasteiger partial charge is 0.328 e. The third-order valence-corrected chi connectivity index (χ3v) is 4.79. The number of rotatable bonds is 14. The molecule has 3 radical (unpaired) electrons. The van der Waals surface area contributed by atoms with Crippen molar-refractivity contribution < 1.29 is 145 Å². The van der Waals surface area contributed by atoms with Crippen molar-refractivity contribution in [2.75, 3.05) is 0 Å². The zero-order chi connectivity index (χ0) is 38.6. The molecule has 50 heavy (non-hydrogen) atoms. The quantitative estimate of drug-likeness (QED) is 0.0530. The van der Waals surface area contributed by atoms with E-state index in [0.717, 1.165) is 13.2 Å². The van der Waals surface area contributed by atoms with Crippen LogP contribution in [0.25, 0.3) is 0 Å². The van der Waals surface area contributed by atoms with Crippen LogP contribution in [0, 0.1) is 23.7 Å². The number of carboxylic acid groups (broad SMARTS) is 7. The van der Waals surface area contributed by atoms with Crippen molar-refractivity contribution in [2.45, 2.75) is 73.5 Å². The van der Waals surface area contributed by atoms with Crippen LogP contribution in [0.5, 0.6) is 0 Å². The van der Waals surface area contributed by atoms with Crippen molar-refractivity contribution in [2.24, 2.45) is 23.7 Å². The Kier molecular flexibility index (Phi) is 49.2. The minimum Gasteiger partial charge on any atom is -0.481 e. The molecular weight excluding hydrogens is 805 g/mol. The molecule has 0 aromatic heterocycles. The van der Waals surface area contributed by atoms with Crippen LogP contribution in [0.1, 0.15) is 61.3 Å². The molecule has 22 heteroatoms. The summed E-state index contributed by atoms with van der Waals surface area (Å²) in [5, 5.41) is 66.8. The van der Waals surface area contributed by atoms with Gasteiger partial charge in [0.1, 0.15) is 0 Å². The molecule has 6 atom stereocenters. The number of hydrogen-bond acceptors (Lipinski definition) is 12. The van der Waals surface area contributed by atoms with Gasteiger partial charge in [-0.15, -0.1) is 0 Å². The second-order valence-corrected chi connectivity index (χ2v) is 9.19. The summed E-state index contributed by atoms with van der Waals surface area (Å²) >= 11 is 0. The predicted molar refractivity (Wildman–Crippen MR) is 158 cm³/mol. The van der Waals surface area contributed by atoms with E-state index in [9.17, 15) is 38.4 Å². The van der Waals surface area contributed by atoms with Gasteiger partial charge in [0, 0.05) is 84.1 Å². The van der Waals surface area contributed by atoms with Crippen molar-refractivity contribution in [3.05, 3.63) is 25.0 Å². The van der Waals surface area contributed by atoms with Crippen LogP contribution in [0.4, 0.5) is 0 Å². The molecule has 19 nitrogen and oxygen atoms in total. The number of ether oxygens (including phenoxy) is 2. The van der Waals surface area contributed by atoms with E-state index in [1.807, 2.05) is 0 Å². The number of esters is 2. The van der Waals surface area contributed by atoms with E-state index in [4.69, 9.17) is 50.4 Å². The maximum Gasteiger partial charge on any atom is 0.328 e. The summed E-state index contributed by atoms with van der Waals surface area (Å²) in [5.41, 5.74) is 0. The van der Waals surface area contributed by atoms with E-state index in [0.29, 0.717) is 12.2 Å². The van der Waals surface area contributed by atoms with Crippen molar-refractivity contribution >= 4 is 53.7 Å². The summed E-state index contributed by atoms with van der Waals surface area (Å²) in [6.07, 6.45) is 0.751. The van der Waals surface area contributed by atoms with Gasteiger partial charge in [-0.3, -0.25) is 33.6 Å². The first-order valence-corrected chi connectivity index (χ1v) is 13.1. The predicted octanol–water partition coefficient (Wildman–Crippen LogP) is 1.42. The molecule has 0 saturated carbocycles. The van der Waals surface area contributed by atoms with Crippen LogP contribution in [0.15, 0.2) is 25.0 Å². The second kappa shape index (κ2) is 38.0. The minimum atomic E-state index is -1.26. The molecule has 0 aliphatic heterocycles. The first-order chi connectivity index (χ1) is 21.2. The Balaban J connectivity index is -0.0000000778. The van der Waals surface area contributed by atoms with Gasteiger partial charge >= 0.3 is 47.8 Å². The number of hydrogen-bond donors (Lipinski definition) is 8. The van der Waals surface area contributed by atoms with Gasteiger partial charge < -0.3 is 50.3 Å². The number of aliphatic hydroxyl groups is 1. The Labute approximate surface area is 319 Å². The Bertz CT molecular complexity index is 1070. The molecule has 0 aromatic carbocycles. The van der Waals surface area contributed by atoms with Crippen molar-refractivity contribution in [3.8, 4) is 0 Å². The standard InChI is InChI=1S/C10H16O6.C8H14O5.C4H4O4.C4H6O2.C2H4O2.3Mn/c1-5(16-7(3)11)4-8(10(14)15)6(2)9(12)13;1-4(9)3-6(8(12)13)5(2)7(10)11;5-3(6)1-2-4(7)8;1-3-6-4(2)5;1-2(3)4;;;/h5-6,8H,4H2,1-3H3,(H,12,13)(H,14,15);4-6,9H,3H2,1-2H3,(H,10,11)(H,12,13);1-2H,(H,5,6)(H,7,8);3H,1H2,2H3;1H3,(H,3,4);;;. The van der Waals surface area contributed by atoms with Crippen LogP contribution in [-0.4, -0.2) is 107 Å². The fraction of sp³-hybridized carbons (Fsp3) is 0.536. The number of aliphatic carboxylic acids is 7. The van der Waals surface area contributed by atoms with Crippen LogP contribution in [0.2, 0.25) is 0 Å². The molecule has 0 aromatic rings. The summed E-state index contributed by atoms with van der Waals surface area (Å²) in [6, 6.07) is 0. The number of carbonyl (C=O) groups excluding carboxylic acids is 2. The largest absolute Gasteiger partial charge is 0.481 e. The van der Waals surface area contributed by atoms with Gasteiger partial charge in [0.05, 0.1) is 42.1 Å². The molecule has 8 N–H and O–H groups in total. The first-order valence-electron chi connectivity index (χ1n) is 13.1. The SMILES string of the molecule is C=COC(C)=O.CC(=O)O.CC(=O)OC(C)CC(C(=O)O)C(C)C(=O)O.CC(O)CC(C(=O)O)C(C)C(=O)O.O=C(O)C=CC(=O)O.[Mn].[Mn].[Mn]. The topological polar surface area (TPSA) is 334 Å². The van der Waals surface area contributed by atoms with E-state index in [1.54, 1.807) is 0 Å². The van der Waals surface area contributed by atoms with Crippen molar-refractivity contribution in [1.82, 2.24) is 0 Å². The summed E-state index contributed by atoms with van der Waals surface area (Å²) in [6.45, 7) is 12.4. The summed E-state index contributed by atoms with van der Waals surface area (Å²) in [4.78, 5) is 91.1. The van der Waals surface area contributed by atoms with Gasteiger partial charge in [-0.2, -0.15) is 0 Å². The number of carbonyl (C=O) groups is 9. The van der Waals surface area contributed by atoms with Crippen LogP contribution >= 0.6 is 0 Å². The van der Waals surface area contributed by atoms with E-state index >= 15 is 0 Å². The van der Waals surface area contributed by atoms with Gasteiger partial charge in [0.25, 0.3) is 5.97 Å². The molecular formula is C28H44Mn3O19. The van der Waals surface area contributed by atoms with E-state index in [2.05, 4.69) is 11.3 Å². The Hall–Kier alpha value is -3.77. The molecule has 0 saturated heterocycles. The van der Waals surface area contributed by atoms with Gasteiger partial charge in [0.2, 0.25) is 0 Å². The zero-order valence-corrected chi connectivity index (χ0v) is 31.6. The number of aliphatic hydroxyl groups excluding tert-OH is 1. The van der Waals surface area contributed by atoms with Crippen LogP contribution in [0.3, 0.4) is 0 Å². The molecule has 0 fully saturated rings. The molecule has 0 heterocycles. The fourth-order valence-electron chi connectivity index (χ4n) is 2.70. The molecule has 0 spiro atoms. The van der Waals surface area contributed by atoms with Crippen molar-refractivity contribution in [1.29, 1.82) is 0 Å². The van der Waals surface area contributed by atoms with E-state index < -0.39 is 83.6 Å². The first kappa shape index (κ1) is 64.7. The molecule has 291 valence electrons. The molecule has 0 rings (SSSR count). The second-order valence-electron chi connectivity index (χ2n) is 9.19. The summed E-state index contributed by atoms with van der Waals surface area (Å²) in [7, 11) is 0. The van der Waals surface area contributed by atoms with Crippen LogP contribution in [-0.2, 0) is 104 Å². The normalized spacial score (nSPS) is 12.5. The third kappa shape index (κ3) is 51.1. The van der Waals surface area contributed by atoms with Gasteiger partial charge in [-0.25, -0.2) is 9.59 Å². The maximum absolute atomic E-state index is 10.9. The third-order valence-electron chi connectivity index (χ3n) is 4.79. The molecule has 0 bridgehead atoms. The molecule has 0 aliphatic carbocycles. The fourth-order valence-corrected chi connectivity index (χ4v) is 2.70. The zero-order valence-electron chi connectivity index (χ0n) is 28.0. The summed E-state index contributed by atoms with van der Waals surface area (Å²) in [5.74, 6) is -13.0. The van der Waals surface area contributed by atoms with Crippen LogP contribution < -0.4 is 0 Å². The Morgan fingerprint density at radius 2 is 0.880 bits per heavy atom. The number of carboxylic acids is 7. The van der Waals surface area contributed by atoms with Gasteiger partial charge in [-0.1, -0.05) is 20.4 Å². The summed E-state index contributed by atoms with van der Waals surface area (Å²) < 4.78 is 8.93. The van der Waals surface area contributed by atoms with Gasteiger partial charge in [-0.05, 0) is 26.7 Å². The monoisotopic (exact) mass is 849 g/mol. The van der Waals surface area contributed by atoms with E-state index in [1.165, 1.54) is 41.5 Å². The average Bonchev–Trinajstić information content (AvgIpc) is 2.88. The maximum atomic E-state index is 10.9. The van der Waals surface area contributed by atoms with E-state index in [-0.39, 0.29) is 70.0 Å². The van der Waals surface area contributed by atoms with Crippen molar-refractivity contribution in [3.63, 3.8) is 0 Å². The minimum absolute atomic E-state index is 0. The van der Waals surface area contributed by atoms with Gasteiger partial charge in [0.15, 0.2) is 0 Å². The molecule has 6 unspecified atom stereocenters. The average molecular weight is 849 g/mol. The Morgan fingerprint density at radius 3 is 1.04 bits per heavy atom.